The number of hydrogen-bond acceptors (Lipinski definition) is 5. The smallest absolute Gasteiger partial charge is 0.321 e. The fraction of sp³-hybridized carbons (Fsp3) is 0.417. The first kappa shape index (κ1) is 16.1. The standard InChI is InChI=1S/C12H15N3O4S/c1-2-3-4-11(12(16)17)15-20(18,19)10-5-9(6-13)7-14-8-10/h5,7-8,11,15H,2-4H2,1H3,(H,16,17)/t11-/m0/s1. The number of nitriles is 1. The number of carbonyl (C=O) groups is 1. The van der Waals surface area contributed by atoms with E-state index in [4.69, 9.17) is 10.4 Å². The van der Waals surface area contributed by atoms with Crippen LogP contribution in [0.15, 0.2) is 23.4 Å². The molecule has 0 radical (unpaired) electrons. The van der Waals surface area contributed by atoms with Crippen molar-refractivity contribution in [3.05, 3.63) is 24.0 Å². The molecule has 0 amide bonds. The van der Waals surface area contributed by atoms with Crippen LogP contribution in [-0.2, 0) is 14.8 Å². The minimum absolute atomic E-state index is 0.0910. The maximum absolute atomic E-state index is 12.1. The lowest BCUT2D eigenvalue weighted by atomic mass is 10.1. The number of pyridine rings is 1. The molecule has 0 fully saturated rings. The molecule has 1 atom stereocenters. The normalized spacial score (nSPS) is 12.6. The van der Waals surface area contributed by atoms with Gasteiger partial charge in [-0.05, 0) is 12.5 Å². The van der Waals surface area contributed by atoms with Gasteiger partial charge in [-0.25, -0.2) is 8.42 Å². The van der Waals surface area contributed by atoms with Gasteiger partial charge in [-0.3, -0.25) is 9.78 Å². The lowest BCUT2D eigenvalue weighted by Gasteiger charge is -2.14. The Morgan fingerprint density at radius 3 is 2.80 bits per heavy atom. The van der Waals surface area contributed by atoms with Crippen LogP contribution in [0.2, 0.25) is 0 Å². The minimum atomic E-state index is -4.01. The number of carboxylic acid groups (broad SMARTS) is 1. The fourth-order valence-electron chi connectivity index (χ4n) is 1.52. The zero-order valence-corrected chi connectivity index (χ0v) is 11.7. The zero-order valence-electron chi connectivity index (χ0n) is 10.9. The fourth-order valence-corrected chi connectivity index (χ4v) is 2.73. The molecule has 0 aromatic carbocycles. The van der Waals surface area contributed by atoms with Crippen LogP contribution in [0, 0.1) is 11.3 Å². The number of nitrogens with one attached hydrogen (secondary N) is 1. The monoisotopic (exact) mass is 297 g/mol. The number of sulfonamides is 1. The summed E-state index contributed by atoms with van der Waals surface area (Å²) < 4.78 is 26.2. The minimum Gasteiger partial charge on any atom is -0.480 e. The molecule has 1 aromatic rings. The van der Waals surface area contributed by atoms with Crippen molar-refractivity contribution in [1.29, 1.82) is 5.26 Å². The van der Waals surface area contributed by atoms with E-state index in [0.29, 0.717) is 6.42 Å². The highest BCUT2D eigenvalue weighted by Crippen LogP contribution is 2.11. The molecule has 108 valence electrons. The van der Waals surface area contributed by atoms with Crippen molar-refractivity contribution in [1.82, 2.24) is 9.71 Å². The van der Waals surface area contributed by atoms with Gasteiger partial charge in [0.15, 0.2) is 0 Å². The molecule has 0 aliphatic heterocycles. The summed E-state index contributed by atoms with van der Waals surface area (Å²) >= 11 is 0. The van der Waals surface area contributed by atoms with Crippen LogP contribution in [-0.4, -0.2) is 30.5 Å². The number of aromatic nitrogens is 1. The molecule has 1 rings (SSSR count). The van der Waals surface area contributed by atoms with Gasteiger partial charge in [0.2, 0.25) is 10.0 Å². The summed E-state index contributed by atoms with van der Waals surface area (Å²) in [5.41, 5.74) is 0.0910. The molecule has 8 heteroatoms. The highest BCUT2D eigenvalue weighted by atomic mass is 32.2. The molecule has 0 unspecified atom stereocenters. The Bertz CT molecular complexity index is 622. The number of hydrogen-bond donors (Lipinski definition) is 2. The van der Waals surface area contributed by atoms with Gasteiger partial charge in [-0.2, -0.15) is 9.98 Å². The van der Waals surface area contributed by atoms with E-state index in [1.54, 1.807) is 6.07 Å². The van der Waals surface area contributed by atoms with E-state index in [9.17, 15) is 13.2 Å². The Balaban J connectivity index is 2.97. The van der Waals surface area contributed by atoms with Gasteiger partial charge in [0.05, 0.1) is 5.56 Å². The summed E-state index contributed by atoms with van der Waals surface area (Å²) in [4.78, 5) is 14.5. The van der Waals surface area contributed by atoms with E-state index in [1.165, 1.54) is 6.20 Å². The topological polar surface area (TPSA) is 120 Å². The molecular formula is C12H15N3O4S. The third kappa shape index (κ3) is 4.29. The van der Waals surface area contributed by atoms with Crippen molar-refractivity contribution in [3.63, 3.8) is 0 Å². The number of nitrogens with zero attached hydrogens (tertiary/aromatic N) is 2. The Labute approximate surface area is 117 Å². The lowest BCUT2D eigenvalue weighted by molar-refractivity contribution is -0.139. The molecular weight excluding hydrogens is 282 g/mol. The van der Waals surface area contributed by atoms with Crippen molar-refractivity contribution in [3.8, 4) is 6.07 Å². The molecule has 7 nitrogen and oxygen atoms in total. The highest BCUT2D eigenvalue weighted by molar-refractivity contribution is 7.89. The van der Waals surface area contributed by atoms with Crippen molar-refractivity contribution in [2.45, 2.75) is 37.1 Å². The summed E-state index contributed by atoms with van der Waals surface area (Å²) in [7, 11) is -4.01. The maximum Gasteiger partial charge on any atom is 0.321 e. The van der Waals surface area contributed by atoms with Crippen molar-refractivity contribution < 1.29 is 18.3 Å². The third-order valence-electron chi connectivity index (χ3n) is 2.59. The number of carboxylic acids is 1. The molecule has 0 saturated carbocycles. The molecule has 0 bridgehead atoms. The second kappa shape index (κ2) is 6.98. The molecule has 1 heterocycles. The van der Waals surface area contributed by atoms with Gasteiger partial charge in [0.25, 0.3) is 0 Å². The second-order valence-corrected chi connectivity index (χ2v) is 5.89. The van der Waals surface area contributed by atoms with Crippen LogP contribution in [0.5, 0.6) is 0 Å². The molecule has 1 aromatic heterocycles. The van der Waals surface area contributed by atoms with Crippen LogP contribution in [0.4, 0.5) is 0 Å². The first-order valence-electron chi connectivity index (χ1n) is 6.01. The van der Waals surface area contributed by atoms with E-state index in [-0.39, 0.29) is 16.9 Å². The predicted molar refractivity (Wildman–Crippen MR) is 70.2 cm³/mol. The van der Waals surface area contributed by atoms with Crippen LogP contribution in [0.25, 0.3) is 0 Å². The summed E-state index contributed by atoms with van der Waals surface area (Å²) in [5.74, 6) is -1.23. The Kier molecular flexibility index (Phi) is 5.61. The molecule has 0 saturated heterocycles. The van der Waals surface area contributed by atoms with E-state index in [2.05, 4.69) is 9.71 Å². The maximum atomic E-state index is 12.1. The van der Waals surface area contributed by atoms with Gasteiger partial charge in [0.1, 0.15) is 17.0 Å². The Morgan fingerprint density at radius 2 is 2.25 bits per heavy atom. The first-order chi connectivity index (χ1) is 9.40. The van der Waals surface area contributed by atoms with Crippen LogP contribution < -0.4 is 4.72 Å². The van der Waals surface area contributed by atoms with Gasteiger partial charge >= 0.3 is 5.97 Å². The average molecular weight is 297 g/mol. The predicted octanol–water partition coefficient (Wildman–Crippen LogP) is 0.875. The molecule has 2 N–H and O–H groups in total. The summed E-state index contributed by atoms with van der Waals surface area (Å²) in [6, 6.07) is 1.74. The number of rotatable bonds is 7. The zero-order chi connectivity index (χ0) is 15.2. The third-order valence-corrected chi connectivity index (χ3v) is 4.03. The van der Waals surface area contributed by atoms with Crippen LogP contribution in [0.3, 0.4) is 0 Å². The quantitative estimate of drug-likeness (QED) is 0.770. The van der Waals surface area contributed by atoms with E-state index in [1.807, 2.05) is 6.92 Å². The van der Waals surface area contributed by atoms with Crippen LogP contribution >= 0.6 is 0 Å². The van der Waals surface area contributed by atoms with Gasteiger partial charge < -0.3 is 5.11 Å². The highest BCUT2D eigenvalue weighted by Gasteiger charge is 2.25. The van der Waals surface area contributed by atoms with Crippen molar-refractivity contribution in [2.75, 3.05) is 0 Å². The molecule has 0 aliphatic carbocycles. The summed E-state index contributed by atoms with van der Waals surface area (Å²) in [5, 5.41) is 17.7. The van der Waals surface area contributed by atoms with Gasteiger partial charge in [-0.15, -0.1) is 0 Å². The number of unbranched alkanes of at least 4 members (excludes halogenated alkanes) is 1. The SMILES string of the molecule is CCCC[C@H](NS(=O)(=O)c1cncc(C#N)c1)C(=O)O. The average Bonchev–Trinajstić information content (AvgIpc) is 2.43. The second-order valence-electron chi connectivity index (χ2n) is 4.18. The van der Waals surface area contributed by atoms with Gasteiger partial charge in [0, 0.05) is 12.4 Å². The van der Waals surface area contributed by atoms with Crippen molar-refractivity contribution >= 4 is 16.0 Å². The van der Waals surface area contributed by atoms with Crippen molar-refractivity contribution in [2.24, 2.45) is 0 Å². The lowest BCUT2D eigenvalue weighted by Crippen LogP contribution is -2.40. The van der Waals surface area contributed by atoms with E-state index in [0.717, 1.165) is 18.7 Å². The molecule has 20 heavy (non-hydrogen) atoms. The Morgan fingerprint density at radius 1 is 1.55 bits per heavy atom. The van der Waals surface area contributed by atoms with Gasteiger partial charge in [-0.1, -0.05) is 19.8 Å². The first-order valence-corrected chi connectivity index (χ1v) is 7.49. The van der Waals surface area contributed by atoms with E-state index < -0.39 is 22.0 Å². The summed E-state index contributed by atoms with van der Waals surface area (Å²) in [6.07, 6.45) is 3.86. The molecule has 0 aliphatic rings. The van der Waals surface area contributed by atoms with Crippen LogP contribution in [0.1, 0.15) is 31.7 Å². The number of aliphatic carboxylic acids is 1. The largest absolute Gasteiger partial charge is 0.480 e. The molecule has 0 spiro atoms. The Hall–Kier alpha value is -1.98. The summed E-state index contributed by atoms with van der Waals surface area (Å²) in [6.45, 7) is 1.88. The van der Waals surface area contributed by atoms with E-state index >= 15 is 0 Å².